The molecule has 6 heteroatoms. The van der Waals surface area contributed by atoms with Crippen LogP contribution in [-0.2, 0) is 0 Å². The average molecular weight is 204 g/mol. The largest absolute Gasteiger partial charge is 0.478 e. The molecule has 6 nitrogen and oxygen atoms in total. The number of carboxylic acid groups (broad SMARTS) is 1. The highest BCUT2D eigenvalue weighted by Crippen LogP contribution is 2.37. The van der Waals surface area contributed by atoms with Gasteiger partial charge in [-0.15, -0.1) is 5.10 Å². The van der Waals surface area contributed by atoms with Crippen molar-refractivity contribution in [3.8, 4) is 0 Å². The van der Waals surface area contributed by atoms with Crippen molar-refractivity contribution in [3.63, 3.8) is 0 Å². The number of aromatic nitrogens is 4. The second-order valence-electron chi connectivity index (χ2n) is 3.64. The zero-order valence-corrected chi connectivity index (χ0v) is 7.79. The molecular formula is C9H8N4O2. The number of fused-ring (bicyclic) bond motifs is 1. The highest BCUT2D eigenvalue weighted by Gasteiger charge is 2.28. The molecule has 3 rings (SSSR count). The molecule has 0 amide bonds. The van der Waals surface area contributed by atoms with Gasteiger partial charge in [-0.3, -0.25) is 0 Å². The zero-order valence-electron chi connectivity index (χ0n) is 7.79. The van der Waals surface area contributed by atoms with Crippen LogP contribution >= 0.6 is 0 Å². The topological polar surface area (TPSA) is 80.4 Å². The normalized spacial score (nSPS) is 15.7. The van der Waals surface area contributed by atoms with Crippen LogP contribution in [0.5, 0.6) is 0 Å². The van der Waals surface area contributed by atoms with E-state index in [-0.39, 0.29) is 5.56 Å². The minimum atomic E-state index is -1.01. The van der Waals surface area contributed by atoms with Gasteiger partial charge >= 0.3 is 5.97 Å². The van der Waals surface area contributed by atoms with Gasteiger partial charge in [0.25, 0.3) is 5.78 Å². The van der Waals surface area contributed by atoms with Gasteiger partial charge in [0.15, 0.2) is 5.82 Å². The fourth-order valence-electron chi connectivity index (χ4n) is 1.42. The Bertz CT molecular complexity index is 544. The predicted molar refractivity (Wildman–Crippen MR) is 49.7 cm³/mol. The summed E-state index contributed by atoms with van der Waals surface area (Å²) in [6.07, 6.45) is 4.96. The fourth-order valence-corrected chi connectivity index (χ4v) is 1.42. The Kier molecular flexibility index (Phi) is 1.53. The van der Waals surface area contributed by atoms with Crippen LogP contribution in [0.25, 0.3) is 5.78 Å². The van der Waals surface area contributed by atoms with E-state index in [0.29, 0.717) is 11.7 Å². The molecule has 2 aromatic heterocycles. The molecule has 0 atom stereocenters. The highest BCUT2D eigenvalue weighted by molar-refractivity contribution is 5.86. The van der Waals surface area contributed by atoms with Gasteiger partial charge in [-0.05, 0) is 12.8 Å². The summed E-state index contributed by atoms with van der Waals surface area (Å²) in [6.45, 7) is 0. The molecule has 0 radical (unpaired) electrons. The van der Waals surface area contributed by atoms with Crippen LogP contribution in [-0.4, -0.2) is 30.7 Å². The monoisotopic (exact) mass is 204 g/mol. The van der Waals surface area contributed by atoms with Gasteiger partial charge in [-0.1, -0.05) is 0 Å². The van der Waals surface area contributed by atoms with Crippen molar-refractivity contribution < 1.29 is 9.90 Å². The number of carboxylic acids is 1. The van der Waals surface area contributed by atoms with Gasteiger partial charge in [-0.2, -0.15) is 4.98 Å². The first kappa shape index (κ1) is 8.34. The van der Waals surface area contributed by atoms with E-state index in [4.69, 9.17) is 5.11 Å². The quantitative estimate of drug-likeness (QED) is 0.778. The lowest BCUT2D eigenvalue weighted by Crippen LogP contribution is -2.01. The van der Waals surface area contributed by atoms with Crippen LogP contribution in [0.3, 0.4) is 0 Å². The minimum absolute atomic E-state index is 0.120. The third-order valence-electron chi connectivity index (χ3n) is 2.40. The van der Waals surface area contributed by atoms with Crippen LogP contribution in [0, 0.1) is 0 Å². The van der Waals surface area contributed by atoms with Gasteiger partial charge < -0.3 is 5.11 Å². The third kappa shape index (κ3) is 1.34. The summed E-state index contributed by atoms with van der Waals surface area (Å²) in [5.41, 5.74) is 0.120. The maximum absolute atomic E-state index is 10.7. The van der Waals surface area contributed by atoms with Gasteiger partial charge in [0.1, 0.15) is 0 Å². The summed E-state index contributed by atoms with van der Waals surface area (Å²) in [5, 5.41) is 13.0. The number of rotatable bonds is 2. The molecule has 2 aromatic rings. The molecule has 0 aliphatic heterocycles. The summed E-state index contributed by atoms with van der Waals surface area (Å²) in [4.78, 5) is 18.9. The van der Waals surface area contributed by atoms with Crippen molar-refractivity contribution in [2.24, 2.45) is 0 Å². The summed E-state index contributed by atoms with van der Waals surface area (Å²) in [7, 11) is 0. The first-order valence-corrected chi connectivity index (χ1v) is 4.69. The molecule has 2 heterocycles. The molecule has 76 valence electrons. The van der Waals surface area contributed by atoms with Crippen LogP contribution < -0.4 is 0 Å². The van der Waals surface area contributed by atoms with Gasteiger partial charge in [0, 0.05) is 18.3 Å². The van der Waals surface area contributed by atoms with Crippen molar-refractivity contribution >= 4 is 11.7 Å². The Balaban J connectivity index is 2.13. The minimum Gasteiger partial charge on any atom is -0.478 e. The molecule has 1 saturated carbocycles. The Hall–Kier alpha value is -1.98. The lowest BCUT2D eigenvalue weighted by atomic mass is 10.4. The predicted octanol–water partition coefficient (Wildman–Crippen LogP) is 0.700. The van der Waals surface area contributed by atoms with Crippen LogP contribution in [0.1, 0.15) is 34.9 Å². The first-order valence-electron chi connectivity index (χ1n) is 4.69. The Labute approximate surface area is 84.6 Å². The van der Waals surface area contributed by atoms with E-state index < -0.39 is 5.97 Å². The molecule has 0 aromatic carbocycles. The zero-order chi connectivity index (χ0) is 10.4. The highest BCUT2D eigenvalue weighted by atomic mass is 16.4. The van der Waals surface area contributed by atoms with E-state index in [1.165, 1.54) is 16.9 Å². The van der Waals surface area contributed by atoms with Crippen molar-refractivity contribution in [3.05, 3.63) is 23.8 Å². The SMILES string of the molecule is O=C(O)c1cnc2nc(C3CC3)nn2c1. The molecule has 0 spiro atoms. The second kappa shape index (κ2) is 2.75. The number of aromatic carboxylic acids is 1. The number of carbonyl (C=O) groups is 1. The number of hydrogen-bond acceptors (Lipinski definition) is 4. The molecule has 1 aliphatic carbocycles. The van der Waals surface area contributed by atoms with Crippen molar-refractivity contribution in [1.29, 1.82) is 0 Å². The van der Waals surface area contributed by atoms with E-state index >= 15 is 0 Å². The lowest BCUT2D eigenvalue weighted by molar-refractivity contribution is 0.0695. The van der Waals surface area contributed by atoms with Gasteiger partial charge in [0.2, 0.25) is 0 Å². The van der Waals surface area contributed by atoms with Crippen LogP contribution in [0.2, 0.25) is 0 Å². The van der Waals surface area contributed by atoms with Crippen molar-refractivity contribution in [2.75, 3.05) is 0 Å². The first-order chi connectivity index (χ1) is 7.24. The van der Waals surface area contributed by atoms with E-state index in [1.54, 1.807) is 0 Å². The molecule has 1 fully saturated rings. The number of nitrogens with zero attached hydrogens (tertiary/aromatic N) is 4. The lowest BCUT2D eigenvalue weighted by Gasteiger charge is -1.92. The third-order valence-corrected chi connectivity index (χ3v) is 2.40. The van der Waals surface area contributed by atoms with E-state index in [1.807, 2.05) is 0 Å². The van der Waals surface area contributed by atoms with Crippen molar-refractivity contribution in [1.82, 2.24) is 19.6 Å². The second-order valence-corrected chi connectivity index (χ2v) is 3.64. The molecule has 15 heavy (non-hydrogen) atoms. The maximum Gasteiger partial charge on any atom is 0.338 e. The summed E-state index contributed by atoms with van der Waals surface area (Å²) >= 11 is 0. The fraction of sp³-hybridized carbons (Fsp3) is 0.333. The van der Waals surface area contributed by atoms with Gasteiger partial charge in [0.05, 0.1) is 5.56 Å². The molecule has 1 N–H and O–H groups in total. The Morgan fingerprint density at radius 3 is 3.00 bits per heavy atom. The molecular weight excluding hydrogens is 196 g/mol. The molecule has 0 bridgehead atoms. The van der Waals surface area contributed by atoms with Crippen LogP contribution in [0.15, 0.2) is 12.4 Å². The summed E-state index contributed by atoms with van der Waals surface area (Å²) in [6, 6.07) is 0. The van der Waals surface area contributed by atoms with E-state index in [9.17, 15) is 4.79 Å². The molecule has 0 saturated heterocycles. The van der Waals surface area contributed by atoms with E-state index in [2.05, 4.69) is 15.1 Å². The standard InChI is InChI=1S/C9H8N4O2/c14-8(15)6-3-10-9-11-7(5-1-2-5)12-13(9)4-6/h3-5H,1-2H2,(H,14,15). The van der Waals surface area contributed by atoms with Gasteiger partial charge in [-0.25, -0.2) is 14.3 Å². The molecule has 1 aliphatic rings. The number of hydrogen-bond donors (Lipinski definition) is 1. The summed E-state index contributed by atoms with van der Waals surface area (Å²) in [5.74, 6) is 0.666. The Morgan fingerprint density at radius 2 is 2.33 bits per heavy atom. The maximum atomic E-state index is 10.7. The molecule has 0 unspecified atom stereocenters. The van der Waals surface area contributed by atoms with Crippen molar-refractivity contribution in [2.45, 2.75) is 18.8 Å². The van der Waals surface area contributed by atoms with E-state index in [0.717, 1.165) is 18.7 Å². The Morgan fingerprint density at radius 1 is 1.53 bits per heavy atom. The van der Waals surface area contributed by atoms with Crippen LogP contribution in [0.4, 0.5) is 0 Å². The average Bonchev–Trinajstić information content (AvgIpc) is 2.97. The smallest absolute Gasteiger partial charge is 0.338 e. The summed E-state index contributed by atoms with van der Waals surface area (Å²) < 4.78 is 1.43.